The molecule has 130 valence electrons. The molecule has 0 saturated carbocycles. The molecule has 0 aliphatic carbocycles. The number of fused-ring (bicyclic) bond motifs is 1. The highest BCUT2D eigenvalue weighted by molar-refractivity contribution is 6.31. The SMILES string of the molecule is N[C@@H](CO)C(=O)NCC(c1ccccc1Cl)c1c[nH]c2ccccc12. The van der Waals surface area contributed by atoms with Gasteiger partial charge < -0.3 is 21.1 Å². The number of carbonyl (C=O) groups excluding carboxylic acids is 1. The van der Waals surface area contributed by atoms with E-state index < -0.39 is 12.6 Å². The molecule has 25 heavy (non-hydrogen) atoms. The molecule has 6 heteroatoms. The van der Waals surface area contributed by atoms with Crippen molar-refractivity contribution in [2.45, 2.75) is 12.0 Å². The second-order valence-electron chi connectivity index (χ2n) is 5.90. The Morgan fingerprint density at radius 3 is 2.64 bits per heavy atom. The van der Waals surface area contributed by atoms with Gasteiger partial charge in [-0.05, 0) is 23.3 Å². The smallest absolute Gasteiger partial charge is 0.239 e. The summed E-state index contributed by atoms with van der Waals surface area (Å²) in [6.45, 7) is -0.0617. The minimum atomic E-state index is -0.935. The fourth-order valence-corrected chi connectivity index (χ4v) is 3.21. The van der Waals surface area contributed by atoms with E-state index >= 15 is 0 Å². The van der Waals surface area contributed by atoms with Crippen LogP contribution in [0.15, 0.2) is 54.7 Å². The highest BCUT2D eigenvalue weighted by Gasteiger charge is 2.22. The molecule has 0 fully saturated rings. The number of aliphatic hydroxyl groups excluding tert-OH is 1. The van der Waals surface area contributed by atoms with Gasteiger partial charge in [0.25, 0.3) is 0 Å². The van der Waals surface area contributed by atoms with Crippen LogP contribution in [0.3, 0.4) is 0 Å². The summed E-state index contributed by atoms with van der Waals surface area (Å²) < 4.78 is 0. The number of aromatic amines is 1. The van der Waals surface area contributed by atoms with Gasteiger partial charge in [0.15, 0.2) is 0 Å². The molecule has 1 amide bonds. The van der Waals surface area contributed by atoms with Gasteiger partial charge in [-0.25, -0.2) is 0 Å². The standard InChI is InChI=1S/C19H20ClN3O2/c20-16-7-3-1-5-12(16)14(10-23-19(25)17(21)11-24)15-9-22-18-8-4-2-6-13(15)18/h1-9,14,17,22,24H,10-11,21H2,(H,23,25)/t14?,17-/m0/s1. The van der Waals surface area contributed by atoms with Crippen LogP contribution in [0.4, 0.5) is 0 Å². The third kappa shape index (κ3) is 3.69. The zero-order chi connectivity index (χ0) is 17.8. The third-order valence-electron chi connectivity index (χ3n) is 4.29. The number of halogens is 1. The summed E-state index contributed by atoms with van der Waals surface area (Å²) in [5.74, 6) is -0.529. The molecular weight excluding hydrogens is 338 g/mol. The molecular formula is C19H20ClN3O2. The molecule has 2 aromatic carbocycles. The Morgan fingerprint density at radius 1 is 1.16 bits per heavy atom. The van der Waals surface area contributed by atoms with Crippen molar-refractivity contribution in [1.29, 1.82) is 0 Å². The van der Waals surface area contributed by atoms with Crippen LogP contribution in [-0.4, -0.2) is 35.2 Å². The van der Waals surface area contributed by atoms with Crippen LogP contribution in [0.1, 0.15) is 17.0 Å². The molecule has 5 N–H and O–H groups in total. The summed E-state index contributed by atoms with van der Waals surface area (Å²) in [6.07, 6.45) is 1.94. The van der Waals surface area contributed by atoms with Crippen molar-refractivity contribution in [2.24, 2.45) is 5.73 Å². The van der Waals surface area contributed by atoms with Crippen LogP contribution in [0.25, 0.3) is 10.9 Å². The number of nitrogens with one attached hydrogen (secondary N) is 2. The maximum Gasteiger partial charge on any atom is 0.239 e. The van der Waals surface area contributed by atoms with Gasteiger partial charge in [0.05, 0.1) is 6.61 Å². The van der Waals surface area contributed by atoms with Crippen LogP contribution in [0.5, 0.6) is 0 Å². The predicted octanol–water partition coefficient (Wildman–Crippen LogP) is 2.39. The number of rotatable bonds is 6. The van der Waals surface area contributed by atoms with Crippen molar-refractivity contribution in [1.82, 2.24) is 10.3 Å². The fraction of sp³-hybridized carbons (Fsp3) is 0.211. The number of amides is 1. The number of aliphatic hydroxyl groups is 1. The highest BCUT2D eigenvalue weighted by Crippen LogP contribution is 2.33. The molecule has 5 nitrogen and oxygen atoms in total. The maximum absolute atomic E-state index is 12.0. The van der Waals surface area contributed by atoms with E-state index in [-0.39, 0.29) is 11.8 Å². The van der Waals surface area contributed by atoms with Crippen molar-refractivity contribution in [3.05, 3.63) is 70.9 Å². The van der Waals surface area contributed by atoms with Crippen molar-refractivity contribution in [2.75, 3.05) is 13.2 Å². The van der Waals surface area contributed by atoms with E-state index in [4.69, 9.17) is 22.4 Å². The lowest BCUT2D eigenvalue weighted by atomic mass is 9.90. The zero-order valence-corrected chi connectivity index (χ0v) is 14.3. The Hall–Kier alpha value is -2.34. The van der Waals surface area contributed by atoms with Crippen LogP contribution < -0.4 is 11.1 Å². The number of carbonyl (C=O) groups is 1. The Balaban J connectivity index is 1.98. The van der Waals surface area contributed by atoms with E-state index in [1.54, 1.807) is 0 Å². The number of H-pyrrole nitrogens is 1. The van der Waals surface area contributed by atoms with Crippen molar-refractivity contribution >= 4 is 28.4 Å². The summed E-state index contributed by atoms with van der Waals surface area (Å²) in [6, 6.07) is 14.6. The largest absolute Gasteiger partial charge is 0.394 e. The molecule has 0 bridgehead atoms. The van der Waals surface area contributed by atoms with Gasteiger partial charge >= 0.3 is 0 Å². The average molecular weight is 358 g/mol. The third-order valence-corrected chi connectivity index (χ3v) is 4.64. The highest BCUT2D eigenvalue weighted by atomic mass is 35.5. The minimum Gasteiger partial charge on any atom is -0.394 e. The number of nitrogens with two attached hydrogens (primary N) is 1. The first-order chi connectivity index (χ1) is 12.1. The summed E-state index contributed by atoms with van der Waals surface area (Å²) >= 11 is 6.40. The van der Waals surface area contributed by atoms with Crippen molar-refractivity contribution < 1.29 is 9.90 Å². The van der Waals surface area contributed by atoms with Gasteiger partial charge in [0.1, 0.15) is 6.04 Å². The summed E-state index contributed by atoms with van der Waals surface area (Å²) in [4.78, 5) is 15.2. The first-order valence-electron chi connectivity index (χ1n) is 8.06. The van der Waals surface area contributed by atoms with E-state index in [0.717, 1.165) is 22.0 Å². The molecule has 0 aliphatic rings. The quantitative estimate of drug-likeness (QED) is 0.546. The predicted molar refractivity (Wildman–Crippen MR) is 99.7 cm³/mol. The maximum atomic E-state index is 12.0. The number of para-hydroxylation sites is 1. The second kappa shape index (κ2) is 7.70. The lowest BCUT2D eigenvalue weighted by molar-refractivity contribution is -0.123. The van der Waals surface area contributed by atoms with Crippen LogP contribution in [0.2, 0.25) is 5.02 Å². The van der Waals surface area contributed by atoms with E-state index in [1.165, 1.54) is 0 Å². The normalized spacial score (nSPS) is 13.6. The molecule has 0 radical (unpaired) electrons. The van der Waals surface area contributed by atoms with E-state index in [9.17, 15) is 4.79 Å². The summed E-state index contributed by atoms with van der Waals surface area (Å²) in [5, 5.41) is 13.6. The number of aromatic nitrogens is 1. The molecule has 2 atom stereocenters. The average Bonchev–Trinajstić information content (AvgIpc) is 3.06. The Labute approximate surface area is 150 Å². The zero-order valence-electron chi connectivity index (χ0n) is 13.6. The topological polar surface area (TPSA) is 91.1 Å². The van der Waals surface area contributed by atoms with Gasteiger partial charge in [-0.15, -0.1) is 0 Å². The summed E-state index contributed by atoms with van der Waals surface area (Å²) in [5.41, 5.74) is 8.57. The number of hydrogen-bond acceptors (Lipinski definition) is 3. The molecule has 3 rings (SSSR count). The minimum absolute atomic E-state index is 0.139. The Bertz CT molecular complexity index is 878. The monoisotopic (exact) mass is 357 g/mol. The van der Waals surface area contributed by atoms with E-state index in [2.05, 4.69) is 10.3 Å². The molecule has 1 aromatic heterocycles. The molecule has 1 heterocycles. The van der Waals surface area contributed by atoms with E-state index in [0.29, 0.717) is 11.6 Å². The molecule has 0 saturated heterocycles. The first kappa shape index (κ1) is 17.5. The van der Waals surface area contributed by atoms with Crippen molar-refractivity contribution in [3.8, 4) is 0 Å². The molecule has 1 unspecified atom stereocenters. The van der Waals surface area contributed by atoms with Gasteiger partial charge in [0.2, 0.25) is 5.91 Å². The van der Waals surface area contributed by atoms with Gasteiger partial charge in [0, 0.05) is 34.6 Å². The summed E-state index contributed by atoms with van der Waals surface area (Å²) in [7, 11) is 0. The van der Waals surface area contributed by atoms with Gasteiger partial charge in [-0.3, -0.25) is 4.79 Å². The fourth-order valence-electron chi connectivity index (χ4n) is 2.94. The van der Waals surface area contributed by atoms with Crippen LogP contribution in [-0.2, 0) is 4.79 Å². The van der Waals surface area contributed by atoms with Crippen LogP contribution in [0, 0.1) is 0 Å². The first-order valence-corrected chi connectivity index (χ1v) is 8.44. The van der Waals surface area contributed by atoms with Crippen molar-refractivity contribution in [3.63, 3.8) is 0 Å². The Kier molecular flexibility index (Phi) is 5.38. The molecule has 0 spiro atoms. The van der Waals surface area contributed by atoms with Gasteiger partial charge in [-0.1, -0.05) is 48.0 Å². The molecule has 3 aromatic rings. The molecule has 0 aliphatic heterocycles. The van der Waals surface area contributed by atoms with Crippen LogP contribution >= 0.6 is 11.6 Å². The lowest BCUT2D eigenvalue weighted by Gasteiger charge is -2.20. The van der Waals surface area contributed by atoms with Gasteiger partial charge in [-0.2, -0.15) is 0 Å². The second-order valence-corrected chi connectivity index (χ2v) is 6.31. The Morgan fingerprint density at radius 2 is 1.88 bits per heavy atom. The van der Waals surface area contributed by atoms with E-state index in [1.807, 2.05) is 54.7 Å². The number of benzene rings is 2. The number of hydrogen-bond donors (Lipinski definition) is 4. The lowest BCUT2D eigenvalue weighted by Crippen LogP contribution is -2.44.